The number of carbonyl (C=O) groups is 2. The molecule has 0 fully saturated rings. The highest BCUT2D eigenvalue weighted by Gasteiger charge is 2.31. The highest BCUT2D eigenvalue weighted by molar-refractivity contribution is 7.92. The van der Waals surface area contributed by atoms with Gasteiger partial charge in [-0.2, -0.15) is 0 Å². The number of rotatable bonds is 11. The predicted octanol–water partition coefficient (Wildman–Crippen LogP) is 3.71. The molecular formula is C23H29Cl2N3O5S. The molecule has 1 N–H and O–H groups in total. The minimum Gasteiger partial charge on any atom is -0.495 e. The molecule has 186 valence electrons. The molecule has 0 heterocycles. The van der Waals surface area contributed by atoms with Crippen molar-refractivity contribution in [2.24, 2.45) is 0 Å². The summed E-state index contributed by atoms with van der Waals surface area (Å²) in [6.45, 7) is 3.57. The third kappa shape index (κ3) is 7.25. The van der Waals surface area contributed by atoms with Crippen molar-refractivity contribution in [3.05, 3.63) is 58.1 Å². The van der Waals surface area contributed by atoms with E-state index in [2.05, 4.69) is 5.32 Å². The van der Waals surface area contributed by atoms with E-state index in [0.29, 0.717) is 23.7 Å². The van der Waals surface area contributed by atoms with Crippen molar-refractivity contribution >= 4 is 50.7 Å². The Hall–Kier alpha value is -2.49. The molecule has 0 aliphatic heterocycles. The maximum absolute atomic E-state index is 13.5. The first-order valence-corrected chi connectivity index (χ1v) is 13.2. The second kappa shape index (κ2) is 12.3. The molecule has 0 saturated carbocycles. The maximum atomic E-state index is 13.5. The number of ether oxygens (including phenoxy) is 1. The molecule has 0 aliphatic rings. The van der Waals surface area contributed by atoms with Gasteiger partial charge in [0, 0.05) is 18.1 Å². The van der Waals surface area contributed by atoms with E-state index in [1.807, 2.05) is 0 Å². The van der Waals surface area contributed by atoms with Crippen LogP contribution in [0.15, 0.2) is 42.5 Å². The van der Waals surface area contributed by atoms with E-state index in [0.717, 1.165) is 16.1 Å². The van der Waals surface area contributed by atoms with Crippen molar-refractivity contribution in [2.75, 3.05) is 30.8 Å². The number of hydrogen-bond donors (Lipinski definition) is 1. The zero-order valence-corrected chi connectivity index (χ0v) is 21.9. The van der Waals surface area contributed by atoms with Gasteiger partial charge in [0.2, 0.25) is 21.8 Å². The van der Waals surface area contributed by atoms with Gasteiger partial charge in [-0.1, -0.05) is 42.3 Å². The minimum absolute atomic E-state index is 0.104. The average molecular weight is 530 g/mol. The predicted molar refractivity (Wildman–Crippen MR) is 135 cm³/mol. The summed E-state index contributed by atoms with van der Waals surface area (Å²) in [4.78, 5) is 27.6. The molecule has 0 radical (unpaired) electrons. The highest BCUT2D eigenvalue weighted by Crippen LogP contribution is 2.30. The lowest BCUT2D eigenvalue weighted by Gasteiger charge is -2.32. The van der Waals surface area contributed by atoms with Crippen molar-refractivity contribution in [3.63, 3.8) is 0 Å². The van der Waals surface area contributed by atoms with Gasteiger partial charge in [-0.15, -0.1) is 0 Å². The summed E-state index contributed by atoms with van der Waals surface area (Å²) in [5, 5.41) is 3.49. The van der Waals surface area contributed by atoms with E-state index in [1.54, 1.807) is 38.1 Å². The van der Waals surface area contributed by atoms with Gasteiger partial charge in [-0.3, -0.25) is 13.9 Å². The molecule has 1 unspecified atom stereocenters. The van der Waals surface area contributed by atoms with Crippen LogP contribution in [-0.2, 0) is 26.2 Å². The number of halogens is 2. The lowest BCUT2D eigenvalue weighted by Crippen LogP contribution is -2.52. The van der Waals surface area contributed by atoms with E-state index in [9.17, 15) is 18.0 Å². The van der Waals surface area contributed by atoms with E-state index in [1.165, 1.54) is 30.2 Å². The third-order valence-corrected chi connectivity index (χ3v) is 6.79. The van der Waals surface area contributed by atoms with Crippen LogP contribution in [0.4, 0.5) is 5.69 Å². The Morgan fingerprint density at radius 2 is 1.74 bits per heavy atom. The van der Waals surface area contributed by atoms with E-state index in [-0.39, 0.29) is 23.2 Å². The SMILES string of the molecule is CCNC(=O)C(CC)N(Cc1ccc(Cl)cc1)C(=O)CN(c1ccc(OC)c(Cl)c1)S(C)(=O)=O. The van der Waals surface area contributed by atoms with E-state index in [4.69, 9.17) is 27.9 Å². The molecule has 34 heavy (non-hydrogen) atoms. The fourth-order valence-corrected chi connectivity index (χ4v) is 4.64. The van der Waals surface area contributed by atoms with Gasteiger partial charge in [-0.25, -0.2) is 8.42 Å². The van der Waals surface area contributed by atoms with Crippen LogP contribution in [0.5, 0.6) is 5.75 Å². The Balaban J connectivity index is 2.44. The Morgan fingerprint density at radius 1 is 1.09 bits per heavy atom. The molecule has 2 rings (SSSR count). The van der Waals surface area contributed by atoms with Gasteiger partial charge < -0.3 is 15.0 Å². The number of benzene rings is 2. The summed E-state index contributed by atoms with van der Waals surface area (Å²) >= 11 is 12.2. The minimum atomic E-state index is -3.86. The first kappa shape index (κ1) is 27.8. The lowest BCUT2D eigenvalue weighted by molar-refractivity contribution is -0.140. The molecule has 0 saturated heterocycles. The molecule has 2 amide bonds. The molecule has 2 aromatic rings. The first-order chi connectivity index (χ1) is 16.0. The van der Waals surface area contributed by atoms with Gasteiger partial charge in [0.1, 0.15) is 18.3 Å². The van der Waals surface area contributed by atoms with Gasteiger partial charge in [0.05, 0.1) is 24.1 Å². The molecule has 1 atom stereocenters. The molecule has 0 bridgehead atoms. The monoisotopic (exact) mass is 529 g/mol. The molecule has 0 aromatic heterocycles. The number of nitrogens with zero attached hydrogens (tertiary/aromatic N) is 2. The number of amides is 2. The lowest BCUT2D eigenvalue weighted by atomic mass is 10.1. The van der Waals surface area contributed by atoms with Crippen molar-refractivity contribution in [2.45, 2.75) is 32.9 Å². The van der Waals surface area contributed by atoms with Crippen LogP contribution in [0.2, 0.25) is 10.0 Å². The first-order valence-electron chi connectivity index (χ1n) is 10.6. The van der Waals surface area contributed by atoms with E-state index < -0.39 is 28.5 Å². The molecule has 11 heteroatoms. The largest absolute Gasteiger partial charge is 0.495 e. The Labute approximate surface area is 210 Å². The topological polar surface area (TPSA) is 96.0 Å². The smallest absolute Gasteiger partial charge is 0.244 e. The number of methoxy groups -OCH3 is 1. The summed E-state index contributed by atoms with van der Waals surface area (Å²) in [5.74, 6) is -0.479. The van der Waals surface area contributed by atoms with Crippen LogP contribution < -0.4 is 14.4 Å². The van der Waals surface area contributed by atoms with Crippen LogP contribution >= 0.6 is 23.2 Å². The molecule has 0 spiro atoms. The number of hydrogen-bond acceptors (Lipinski definition) is 5. The van der Waals surface area contributed by atoms with Crippen LogP contribution in [0.3, 0.4) is 0 Å². The van der Waals surface area contributed by atoms with Gasteiger partial charge in [0.25, 0.3) is 0 Å². The number of likely N-dealkylation sites (N-methyl/N-ethyl adjacent to an activating group) is 1. The van der Waals surface area contributed by atoms with E-state index >= 15 is 0 Å². The maximum Gasteiger partial charge on any atom is 0.244 e. The summed E-state index contributed by atoms with van der Waals surface area (Å²) in [6, 6.07) is 10.5. The summed E-state index contributed by atoms with van der Waals surface area (Å²) in [5.41, 5.74) is 0.957. The number of carbonyl (C=O) groups excluding carboxylic acids is 2. The molecule has 0 aliphatic carbocycles. The van der Waals surface area contributed by atoms with Crippen LogP contribution in [0.1, 0.15) is 25.8 Å². The Kier molecular flexibility index (Phi) is 10.0. The normalized spacial score (nSPS) is 12.1. The second-order valence-electron chi connectivity index (χ2n) is 7.56. The Bertz CT molecular complexity index is 1110. The second-order valence-corrected chi connectivity index (χ2v) is 10.3. The third-order valence-electron chi connectivity index (χ3n) is 5.11. The number of nitrogens with one attached hydrogen (secondary N) is 1. The quantitative estimate of drug-likeness (QED) is 0.478. The summed E-state index contributed by atoms with van der Waals surface area (Å²) in [7, 11) is -2.41. The molecule has 2 aromatic carbocycles. The zero-order valence-electron chi connectivity index (χ0n) is 19.5. The molecule has 8 nitrogen and oxygen atoms in total. The van der Waals surface area contributed by atoms with Crippen molar-refractivity contribution in [1.82, 2.24) is 10.2 Å². The van der Waals surface area contributed by atoms with Crippen molar-refractivity contribution in [1.29, 1.82) is 0 Å². The number of anilines is 1. The standard InChI is InChI=1S/C23H29Cl2N3O5S/c1-5-20(23(30)26-6-2)27(14-16-7-9-17(24)10-8-16)22(29)15-28(34(4,31)32)18-11-12-21(33-3)19(25)13-18/h7-13,20H,5-6,14-15H2,1-4H3,(H,26,30). The van der Waals surface area contributed by atoms with Crippen LogP contribution in [0.25, 0.3) is 0 Å². The summed E-state index contributed by atoms with van der Waals surface area (Å²) < 4.78 is 31.3. The van der Waals surface area contributed by atoms with Crippen molar-refractivity contribution < 1.29 is 22.7 Å². The average Bonchev–Trinajstić information content (AvgIpc) is 2.77. The zero-order chi connectivity index (χ0) is 25.5. The van der Waals surface area contributed by atoms with Gasteiger partial charge in [-0.05, 0) is 49.2 Å². The summed E-state index contributed by atoms with van der Waals surface area (Å²) in [6.07, 6.45) is 1.35. The Morgan fingerprint density at radius 3 is 2.24 bits per heavy atom. The number of sulfonamides is 1. The fraction of sp³-hybridized carbons (Fsp3) is 0.391. The highest BCUT2D eigenvalue weighted by atomic mass is 35.5. The van der Waals surface area contributed by atoms with Crippen LogP contribution in [0, 0.1) is 0 Å². The van der Waals surface area contributed by atoms with Gasteiger partial charge in [0.15, 0.2) is 0 Å². The molecular weight excluding hydrogens is 501 g/mol. The van der Waals surface area contributed by atoms with Crippen LogP contribution in [-0.4, -0.2) is 57.6 Å². The van der Waals surface area contributed by atoms with Crippen molar-refractivity contribution in [3.8, 4) is 5.75 Å². The fourth-order valence-electron chi connectivity index (χ4n) is 3.42. The van der Waals surface area contributed by atoms with Gasteiger partial charge >= 0.3 is 0 Å².